The Bertz CT molecular complexity index is 842. The fourth-order valence-corrected chi connectivity index (χ4v) is 3.35. The van der Waals surface area contributed by atoms with Gasteiger partial charge in [0.1, 0.15) is 30.0 Å². The number of cyclic esters (lactones) is 1. The standard InChI is InChI=1S/C19H21F2N3O5/c1-11(26)22-9-13-8-14(19(28)29-13)12-6-15(20)18(16(21)7-12)24-4-2-23(3-5-24)17(27)10-25/h6-8,13,25H,2-5,9-10H2,1H3,(H,22,26)/t13-/m1/s1. The predicted octanol–water partition coefficient (Wildman–Crippen LogP) is 0.0506. The maximum atomic E-state index is 14.7. The van der Waals surface area contributed by atoms with E-state index in [1.54, 1.807) is 0 Å². The van der Waals surface area contributed by atoms with E-state index >= 15 is 0 Å². The van der Waals surface area contributed by atoms with Gasteiger partial charge in [-0.3, -0.25) is 9.59 Å². The quantitative estimate of drug-likeness (QED) is 0.667. The predicted molar refractivity (Wildman–Crippen MR) is 98.8 cm³/mol. The van der Waals surface area contributed by atoms with Crippen LogP contribution in [0.5, 0.6) is 0 Å². The van der Waals surface area contributed by atoms with E-state index in [1.807, 2.05) is 0 Å². The molecule has 1 fully saturated rings. The zero-order valence-electron chi connectivity index (χ0n) is 15.8. The smallest absolute Gasteiger partial charge is 0.339 e. The Morgan fingerprint density at radius 1 is 1.21 bits per heavy atom. The fourth-order valence-electron chi connectivity index (χ4n) is 3.35. The molecule has 10 heteroatoms. The highest BCUT2D eigenvalue weighted by Gasteiger charge is 2.30. The molecule has 2 aliphatic rings. The van der Waals surface area contributed by atoms with Gasteiger partial charge in [-0.15, -0.1) is 0 Å². The summed E-state index contributed by atoms with van der Waals surface area (Å²) in [6.07, 6.45) is 0.718. The summed E-state index contributed by atoms with van der Waals surface area (Å²) in [4.78, 5) is 37.4. The van der Waals surface area contributed by atoms with Crippen LogP contribution in [-0.4, -0.2) is 73.2 Å². The first-order valence-electron chi connectivity index (χ1n) is 9.10. The second-order valence-electron chi connectivity index (χ2n) is 6.78. The monoisotopic (exact) mass is 409 g/mol. The summed E-state index contributed by atoms with van der Waals surface area (Å²) in [6.45, 7) is 1.69. The summed E-state index contributed by atoms with van der Waals surface area (Å²) in [5, 5.41) is 11.4. The molecular formula is C19H21F2N3O5. The third-order valence-electron chi connectivity index (χ3n) is 4.79. The number of nitrogens with one attached hydrogen (secondary N) is 1. The van der Waals surface area contributed by atoms with Crippen molar-refractivity contribution in [1.82, 2.24) is 10.2 Å². The van der Waals surface area contributed by atoms with Gasteiger partial charge in [-0.1, -0.05) is 0 Å². The van der Waals surface area contributed by atoms with Crippen molar-refractivity contribution in [2.75, 3.05) is 44.2 Å². The number of carbonyl (C=O) groups excluding carboxylic acids is 3. The van der Waals surface area contributed by atoms with Crippen molar-refractivity contribution in [2.45, 2.75) is 13.0 Å². The van der Waals surface area contributed by atoms with Crippen LogP contribution < -0.4 is 10.2 Å². The average molecular weight is 409 g/mol. The highest BCUT2D eigenvalue weighted by atomic mass is 19.1. The van der Waals surface area contributed by atoms with Crippen molar-refractivity contribution in [1.29, 1.82) is 0 Å². The number of esters is 1. The number of amides is 2. The third-order valence-corrected chi connectivity index (χ3v) is 4.79. The zero-order valence-corrected chi connectivity index (χ0v) is 15.8. The molecule has 29 heavy (non-hydrogen) atoms. The van der Waals surface area contributed by atoms with Gasteiger partial charge in [0.05, 0.1) is 12.1 Å². The molecule has 0 aromatic heterocycles. The van der Waals surface area contributed by atoms with Crippen LogP contribution in [-0.2, 0) is 19.1 Å². The number of piperazine rings is 1. The Balaban J connectivity index is 1.76. The van der Waals surface area contributed by atoms with Gasteiger partial charge in [0.25, 0.3) is 0 Å². The number of hydrogen-bond donors (Lipinski definition) is 2. The lowest BCUT2D eigenvalue weighted by Gasteiger charge is -2.36. The molecule has 2 N–H and O–H groups in total. The average Bonchev–Trinajstić information content (AvgIpc) is 3.06. The van der Waals surface area contributed by atoms with Gasteiger partial charge in [0.15, 0.2) is 0 Å². The van der Waals surface area contributed by atoms with Gasteiger partial charge in [-0.05, 0) is 23.8 Å². The van der Waals surface area contributed by atoms with Gasteiger partial charge >= 0.3 is 5.97 Å². The normalized spacial score (nSPS) is 19.1. The third kappa shape index (κ3) is 4.53. The van der Waals surface area contributed by atoms with E-state index in [-0.39, 0.29) is 55.5 Å². The Morgan fingerprint density at radius 2 is 1.83 bits per heavy atom. The molecule has 1 saturated heterocycles. The molecule has 0 unspecified atom stereocenters. The molecule has 0 bridgehead atoms. The van der Waals surface area contributed by atoms with E-state index in [1.165, 1.54) is 22.8 Å². The first kappa shape index (κ1) is 20.7. The first-order valence-corrected chi connectivity index (χ1v) is 9.10. The number of nitrogens with zero attached hydrogens (tertiary/aromatic N) is 2. The molecule has 2 heterocycles. The Morgan fingerprint density at radius 3 is 2.38 bits per heavy atom. The number of hydrogen-bond acceptors (Lipinski definition) is 6. The molecule has 1 atom stereocenters. The maximum absolute atomic E-state index is 14.7. The van der Waals surface area contributed by atoms with E-state index in [0.29, 0.717) is 0 Å². The Kier molecular flexibility index (Phi) is 6.12. The molecule has 156 valence electrons. The van der Waals surface area contributed by atoms with Crippen LogP contribution in [0.4, 0.5) is 14.5 Å². The van der Waals surface area contributed by atoms with Crippen molar-refractivity contribution in [3.8, 4) is 0 Å². The second-order valence-corrected chi connectivity index (χ2v) is 6.78. The Labute approximate surface area is 165 Å². The second kappa shape index (κ2) is 8.56. The number of ether oxygens (including phenoxy) is 1. The SMILES string of the molecule is CC(=O)NC[C@H]1C=C(c2cc(F)c(N3CCN(C(=O)CO)CC3)c(F)c2)C(=O)O1. The van der Waals surface area contributed by atoms with Crippen molar-refractivity contribution in [3.05, 3.63) is 35.4 Å². The number of aliphatic hydroxyl groups is 1. The summed E-state index contributed by atoms with van der Waals surface area (Å²) in [5.41, 5.74) is -0.150. The number of aliphatic hydroxyl groups excluding tert-OH is 1. The van der Waals surface area contributed by atoms with Crippen molar-refractivity contribution >= 4 is 29.0 Å². The lowest BCUT2D eigenvalue weighted by atomic mass is 10.0. The molecule has 0 aliphatic carbocycles. The van der Waals surface area contributed by atoms with E-state index in [9.17, 15) is 23.2 Å². The molecule has 2 aliphatic heterocycles. The zero-order chi connectivity index (χ0) is 21.1. The Hall–Kier alpha value is -3.01. The van der Waals surface area contributed by atoms with Crippen molar-refractivity contribution in [3.63, 3.8) is 0 Å². The van der Waals surface area contributed by atoms with Crippen LogP contribution in [0.15, 0.2) is 18.2 Å². The minimum atomic E-state index is -0.832. The highest BCUT2D eigenvalue weighted by molar-refractivity contribution is 6.18. The summed E-state index contributed by atoms with van der Waals surface area (Å²) < 4.78 is 34.5. The molecule has 0 radical (unpaired) electrons. The summed E-state index contributed by atoms with van der Waals surface area (Å²) in [6, 6.07) is 2.13. The lowest BCUT2D eigenvalue weighted by Crippen LogP contribution is -2.50. The highest BCUT2D eigenvalue weighted by Crippen LogP contribution is 2.31. The topological polar surface area (TPSA) is 99.2 Å². The van der Waals surface area contributed by atoms with Crippen LogP contribution in [0.3, 0.4) is 0 Å². The van der Waals surface area contributed by atoms with Crippen molar-refractivity contribution < 1.29 is 33.0 Å². The molecular weight excluding hydrogens is 388 g/mol. The van der Waals surface area contributed by atoms with Crippen molar-refractivity contribution in [2.24, 2.45) is 0 Å². The fraction of sp³-hybridized carbons (Fsp3) is 0.421. The molecule has 1 aromatic rings. The number of benzene rings is 1. The number of carbonyl (C=O) groups is 3. The van der Waals surface area contributed by atoms with Gasteiger partial charge in [-0.2, -0.15) is 0 Å². The van der Waals surface area contributed by atoms with Crippen LogP contribution >= 0.6 is 0 Å². The van der Waals surface area contributed by atoms with E-state index < -0.39 is 36.2 Å². The van der Waals surface area contributed by atoms with Crippen LogP contribution in [0.2, 0.25) is 0 Å². The first-order chi connectivity index (χ1) is 13.8. The summed E-state index contributed by atoms with van der Waals surface area (Å²) in [7, 11) is 0. The molecule has 0 spiro atoms. The maximum Gasteiger partial charge on any atom is 0.339 e. The van der Waals surface area contributed by atoms with Crippen LogP contribution in [0.1, 0.15) is 12.5 Å². The molecule has 8 nitrogen and oxygen atoms in total. The number of halogens is 2. The molecule has 3 rings (SSSR count). The van der Waals surface area contributed by atoms with Gasteiger partial charge < -0.3 is 25.0 Å². The van der Waals surface area contributed by atoms with E-state index in [0.717, 1.165) is 12.1 Å². The lowest BCUT2D eigenvalue weighted by molar-refractivity contribution is -0.138. The van der Waals surface area contributed by atoms with Gasteiger partial charge in [0, 0.05) is 33.1 Å². The molecule has 0 saturated carbocycles. The minimum absolute atomic E-state index is 0.0306. The number of rotatable bonds is 5. The van der Waals surface area contributed by atoms with E-state index in [4.69, 9.17) is 9.84 Å². The van der Waals surface area contributed by atoms with Gasteiger partial charge in [0.2, 0.25) is 11.8 Å². The minimum Gasteiger partial charge on any atom is -0.453 e. The molecule has 2 amide bonds. The van der Waals surface area contributed by atoms with Crippen LogP contribution in [0, 0.1) is 11.6 Å². The number of anilines is 1. The van der Waals surface area contributed by atoms with Gasteiger partial charge in [-0.25, -0.2) is 13.6 Å². The summed E-state index contributed by atoms with van der Waals surface area (Å²) >= 11 is 0. The van der Waals surface area contributed by atoms with Crippen LogP contribution in [0.25, 0.3) is 5.57 Å². The summed E-state index contributed by atoms with van der Waals surface area (Å²) in [5.74, 6) is -3.10. The molecule has 1 aromatic carbocycles. The van der Waals surface area contributed by atoms with E-state index in [2.05, 4.69) is 5.32 Å². The largest absolute Gasteiger partial charge is 0.453 e.